The molecule has 2 aromatic heterocycles. The van der Waals surface area contributed by atoms with Gasteiger partial charge in [0.15, 0.2) is 0 Å². The molecule has 0 spiro atoms. The van der Waals surface area contributed by atoms with Crippen LogP contribution >= 0.6 is 0 Å². The summed E-state index contributed by atoms with van der Waals surface area (Å²) in [5.41, 5.74) is 3.21. The number of rotatable bonds is 3. The second kappa shape index (κ2) is 6.61. The fourth-order valence-corrected chi connectivity index (χ4v) is 4.15. The number of hydrogen-bond donors (Lipinski definition) is 1. The Kier molecular flexibility index (Phi) is 4.04. The lowest BCUT2D eigenvalue weighted by atomic mass is 10.2. The maximum absolute atomic E-state index is 13.0. The zero-order valence-corrected chi connectivity index (χ0v) is 16.5. The second-order valence-corrected chi connectivity index (χ2v) is 7.78. The molecule has 2 saturated heterocycles. The maximum atomic E-state index is 13.0. The van der Waals surface area contributed by atoms with E-state index in [-0.39, 0.29) is 18.0 Å². The molecule has 1 unspecified atom stereocenters. The van der Waals surface area contributed by atoms with Crippen LogP contribution in [0.1, 0.15) is 28.6 Å². The van der Waals surface area contributed by atoms with Gasteiger partial charge in [0.1, 0.15) is 5.82 Å². The van der Waals surface area contributed by atoms with Gasteiger partial charge in [-0.25, -0.2) is 9.78 Å². The van der Waals surface area contributed by atoms with Gasteiger partial charge in [0.05, 0.1) is 29.0 Å². The molecular formula is C20H23N7O2. The Hall–Kier alpha value is -3.36. The molecule has 2 aliphatic rings. The number of aromatic nitrogens is 4. The molecule has 1 atom stereocenters. The van der Waals surface area contributed by atoms with Crippen molar-refractivity contribution in [1.29, 1.82) is 0 Å². The highest BCUT2D eigenvalue weighted by Gasteiger charge is 2.31. The number of anilines is 1. The lowest BCUT2D eigenvalue weighted by molar-refractivity contribution is 0.0787. The number of H-pyrrole nitrogens is 1. The van der Waals surface area contributed by atoms with Crippen LogP contribution in [-0.4, -0.2) is 74.7 Å². The van der Waals surface area contributed by atoms with E-state index in [2.05, 4.69) is 15.1 Å². The fourth-order valence-electron chi connectivity index (χ4n) is 4.15. The van der Waals surface area contributed by atoms with Crippen LogP contribution in [0.25, 0.3) is 11.0 Å². The van der Waals surface area contributed by atoms with Gasteiger partial charge in [0.2, 0.25) is 0 Å². The molecule has 1 aromatic carbocycles. The number of urea groups is 1. The van der Waals surface area contributed by atoms with Gasteiger partial charge < -0.3 is 14.8 Å². The number of nitrogens with one attached hydrogen (secondary N) is 1. The van der Waals surface area contributed by atoms with Crippen LogP contribution in [0.4, 0.5) is 10.5 Å². The average molecular weight is 393 g/mol. The molecule has 29 heavy (non-hydrogen) atoms. The van der Waals surface area contributed by atoms with Crippen molar-refractivity contribution in [3.8, 4) is 0 Å². The lowest BCUT2D eigenvalue weighted by Crippen LogP contribution is -2.29. The number of imidazole rings is 1. The Morgan fingerprint density at radius 2 is 2.10 bits per heavy atom. The van der Waals surface area contributed by atoms with Crippen molar-refractivity contribution in [2.45, 2.75) is 19.4 Å². The topological polar surface area (TPSA) is 90.4 Å². The fraction of sp³-hybridized carbons (Fsp3) is 0.400. The maximum Gasteiger partial charge on any atom is 0.324 e. The van der Waals surface area contributed by atoms with Crippen LogP contribution in [0.15, 0.2) is 30.6 Å². The summed E-state index contributed by atoms with van der Waals surface area (Å²) < 4.78 is 1.88. The number of amides is 3. The van der Waals surface area contributed by atoms with Crippen molar-refractivity contribution in [2.75, 3.05) is 38.1 Å². The van der Waals surface area contributed by atoms with E-state index in [1.54, 1.807) is 23.0 Å². The molecule has 0 radical (unpaired) electrons. The monoisotopic (exact) mass is 393 g/mol. The molecule has 5 rings (SSSR count). The number of aryl methyl sites for hydroxylation is 1. The standard InChI is InChI=1S/C20H23N7O2/c1-13-22-17-4-3-14(9-18(17)23-13)19(28)25-6-5-15(11-25)27-12-16(10-21-27)26-8-7-24(2)20(26)29/h3-4,9-10,12,15H,5-8,11H2,1-2H3,(H,22,23). The number of likely N-dealkylation sites (N-methyl/N-ethyl adjacent to an activating group) is 1. The molecule has 2 aliphatic heterocycles. The van der Waals surface area contributed by atoms with E-state index in [1.165, 1.54) is 0 Å². The summed E-state index contributed by atoms with van der Waals surface area (Å²) in [4.78, 5) is 38.0. The van der Waals surface area contributed by atoms with Crippen molar-refractivity contribution in [3.63, 3.8) is 0 Å². The Balaban J connectivity index is 1.29. The highest BCUT2D eigenvalue weighted by atomic mass is 16.2. The molecule has 9 nitrogen and oxygen atoms in total. The van der Waals surface area contributed by atoms with Crippen LogP contribution in [-0.2, 0) is 0 Å². The highest BCUT2D eigenvalue weighted by molar-refractivity contribution is 5.97. The minimum Gasteiger partial charge on any atom is -0.342 e. The molecule has 4 heterocycles. The summed E-state index contributed by atoms with van der Waals surface area (Å²) in [6, 6.07) is 5.69. The zero-order chi connectivity index (χ0) is 20.1. The van der Waals surface area contributed by atoms with Crippen LogP contribution in [0.2, 0.25) is 0 Å². The first-order valence-corrected chi connectivity index (χ1v) is 9.82. The quantitative estimate of drug-likeness (QED) is 0.737. The number of hydrogen-bond acceptors (Lipinski definition) is 4. The van der Waals surface area contributed by atoms with E-state index in [9.17, 15) is 9.59 Å². The van der Waals surface area contributed by atoms with Gasteiger partial charge >= 0.3 is 6.03 Å². The largest absolute Gasteiger partial charge is 0.342 e. The molecule has 3 aromatic rings. The van der Waals surface area contributed by atoms with Gasteiger partial charge in [-0.3, -0.25) is 14.4 Å². The normalized spacial score (nSPS) is 19.7. The summed E-state index contributed by atoms with van der Waals surface area (Å²) in [7, 11) is 1.80. The third-order valence-electron chi connectivity index (χ3n) is 5.79. The minimum absolute atomic E-state index is 0.00258. The first kappa shape index (κ1) is 17.7. The number of benzene rings is 1. The van der Waals surface area contributed by atoms with Gasteiger partial charge in [-0.1, -0.05) is 0 Å². The smallest absolute Gasteiger partial charge is 0.324 e. The third kappa shape index (κ3) is 3.02. The predicted octanol–water partition coefficient (Wildman–Crippen LogP) is 2.03. The molecule has 0 bridgehead atoms. The second-order valence-electron chi connectivity index (χ2n) is 7.78. The number of nitrogens with zero attached hydrogens (tertiary/aromatic N) is 6. The van der Waals surface area contributed by atoms with Gasteiger partial charge in [0, 0.05) is 45.0 Å². The van der Waals surface area contributed by atoms with Crippen molar-refractivity contribution in [1.82, 2.24) is 29.5 Å². The Bertz CT molecular complexity index is 1100. The Morgan fingerprint density at radius 3 is 2.90 bits per heavy atom. The lowest BCUT2D eigenvalue weighted by Gasteiger charge is -2.17. The van der Waals surface area contributed by atoms with Gasteiger partial charge in [-0.2, -0.15) is 5.10 Å². The zero-order valence-electron chi connectivity index (χ0n) is 16.5. The van der Waals surface area contributed by atoms with E-state index < -0.39 is 0 Å². The minimum atomic E-state index is -0.00258. The van der Waals surface area contributed by atoms with Crippen LogP contribution in [0.3, 0.4) is 0 Å². The van der Waals surface area contributed by atoms with Crippen LogP contribution < -0.4 is 4.90 Å². The number of carbonyl (C=O) groups is 2. The molecule has 150 valence electrons. The Morgan fingerprint density at radius 1 is 1.24 bits per heavy atom. The van der Waals surface area contributed by atoms with Crippen molar-refractivity contribution >= 4 is 28.7 Å². The summed E-state index contributed by atoms with van der Waals surface area (Å²) in [6.45, 7) is 4.58. The van der Waals surface area contributed by atoms with Gasteiger partial charge in [0.25, 0.3) is 5.91 Å². The van der Waals surface area contributed by atoms with Crippen molar-refractivity contribution < 1.29 is 9.59 Å². The SMILES string of the molecule is Cc1nc2ccc(C(=O)N3CCC(n4cc(N5CCN(C)C5=O)cn4)C3)cc2[nH]1. The molecule has 0 saturated carbocycles. The number of aromatic amines is 1. The summed E-state index contributed by atoms with van der Waals surface area (Å²) >= 11 is 0. The number of carbonyl (C=O) groups excluding carboxylic acids is 2. The first-order chi connectivity index (χ1) is 14.0. The summed E-state index contributed by atoms with van der Waals surface area (Å²) in [5.74, 6) is 0.855. The van der Waals surface area contributed by atoms with E-state index in [1.807, 2.05) is 40.9 Å². The molecular weight excluding hydrogens is 370 g/mol. The highest BCUT2D eigenvalue weighted by Crippen LogP contribution is 2.26. The van der Waals surface area contributed by atoms with Crippen molar-refractivity contribution in [3.05, 3.63) is 42.0 Å². The molecule has 1 N–H and O–H groups in total. The van der Waals surface area contributed by atoms with E-state index in [0.29, 0.717) is 25.2 Å². The number of fused-ring (bicyclic) bond motifs is 1. The molecule has 2 fully saturated rings. The summed E-state index contributed by atoms with van der Waals surface area (Å²) in [6.07, 6.45) is 4.48. The van der Waals surface area contributed by atoms with Crippen LogP contribution in [0.5, 0.6) is 0 Å². The predicted molar refractivity (Wildman–Crippen MR) is 108 cm³/mol. The van der Waals surface area contributed by atoms with E-state index in [0.717, 1.165) is 35.5 Å². The first-order valence-electron chi connectivity index (χ1n) is 9.82. The third-order valence-corrected chi connectivity index (χ3v) is 5.79. The molecule has 0 aliphatic carbocycles. The molecule has 3 amide bonds. The summed E-state index contributed by atoms with van der Waals surface area (Å²) in [5, 5.41) is 4.47. The number of likely N-dealkylation sites (tertiary alicyclic amines) is 1. The van der Waals surface area contributed by atoms with E-state index in [4.69, 9.17) is 0 Å². The average Bonchev–Trinajstić information content (AvgIpc) is 3.47. The van der Waals surface area contributed by atoms with Crippen molar-refractivity contribution in [2.24, 2.45) is 0 Å². The van der Waals surface area contributed by atoms with Gasteiger partial charge in [-0.05, 0) is 31.5 Å². The van der Waals surface area contributed by atoms with Gasteiger partial charge in [-0.15, -0.1) is 0 Å². The van der Waals surface area contributed by atoms with Crippen LogP contribution in [0, 0.1) is 6.92 Å². The van der Waals surface area contributed by atoms with E-state index >= 15 is 0 Å². The Labute approximate surface area is 167 Å². The molecule has 9 heteroatoms.